The van der Waals surface area contributed by atoms with E-state index in [0.717, 1.165) is 16.9 Å². The molecule has 0 fully saturated rings. The molecule has 2 aromatic rings. The van der Waals surface area contributed by atoms with E-state index in [4.69, 9.17) is 0 Å². The van der Waals surface area contributed by atoms with Crippen LogP contribution in [0.3, 0.4) is 0 Å². The topological polar surface area (TPSA) is 49.4 Å². The Bertz CT molecular complexity index is 802. The third kappa shape index (κ3) is 5.43. The summed E-state index contributed by atoms with van der Waals surface area (Å²) in [7, 11) is 0. The number of amides is 2. The number of nitrogens with one attached hydrogen (secondary N) is 1. The summed E-state index contributed by atoms with van der Waals surface area (Å²) < 4.78 is 0. The van der Waals surface area contributed by atoms with Crippen LogP contribution < -0.4 is 10.2 Å². The monoisotopic (exact) mass is 366 g/mol. The number of benzene rings is 2. The van der Waals surface area contributed by atoms with E-state index in [1.807, 2.05) is 48.5 Å². The predicted octanol–water partition coefficient (Wildman–Crippen LogP) is 5.10. The highest BCUT2D eigenvalue weighted by atomic mass is 16.2. The van der Waals surface area contributed by atoms with Crippen LogP contribution in [0.5, 0.6) is 0 Å². The fourth-order valence-corrected chi connectivity index (χ4v) is 2.97. The van der Waals surface area contributed by atoms with Gasteiger partial charge in [0.05, 0.1) is 0 Å². The molecule has 0 aliphatic rings. The number of hydrogen-bond donors (Lipinski definition) is 1. The van der Waals surface area contributed by atoms with Crippen molar-refractivity contribution < 1.29 is 9.59 Å². The zero-order chi connectivity index (χ0) is 20.2. The molecule has 0 saturated heterocycles. The average Bonchev–Trinajstić information content (AvgIpc) is 2.59. The summed E-state index contributed by atoms with van der Waals surface area (Å²) in [6.45, 7) is 12.1. The summed E-state index contributed by atoms with van der Waals surface area (Å²) in [6.07, 6.45) is 0. The van der Waals surface area contributed by atoms with Gasteiger partial charge >= 0.3 is 0 Å². The smallest absolute Gasteiger partial charge is 0.244 e. The number of carbonyl (C=O) groups is 2. The molecule has 4 heteroatoms. The summed E-state index contributed by atoms with van der Waals surface area (Å²) in [4.78, 5) is 26.2. The number of carbonyl (C=O) groups excluding carboxylic acids is 2. The lowest BCUT2D eigenvalue weighted by Crippen LogP contribution is -2.36. The molecule has 144 valence electrons. The molecule has 2 amide bonds. The molecule has 2 aromatic carbocycles. The van der Waals surface area contributed by atoms with E-state index in [1.165, 1.54) is 17.4 Å². The number of anilines is 2. The van der Waals surface area contributed by atoms with Crippen molar-refractivity contribution in [1.29, 1.82) is 0 Å². The lowest BCUT2D eigenvalue weighted by Gasteiger charge is -2.24. The molecule has 2 rings (SSSR count). The Morgan fingerprint density at radius 2 is 1.59 bits per heavy atom. The van der Waals surface area contributed by atoms with E-state index in [1.54, 1.807) is 0 Å². The van der Waals surface area contributed by atoms with Gasteiger partial charge in [-0.1, -0.05) is 65.0 Å². The van der Waals surface area contributed by atoms with Gasteiger partial charge in [-0.2, -0.15) is 0 Å². The van der Waals surface area contributed by atoms with Crippen molar-refractivity contribution in [3.8, 4) is 0 Å². The van der Waals surface area contributed by atoms with E-state index >= 15 is 0 Å². The van der Waals surface area contributed by atoms with Gasteiger partial charge in [-0.05, 0) is 40.7 Å². The number of nitrogens with zero attached hydrogens (tertiary/aromatic N) is 1. The highest BCUT2D eigenvalue weighted by molar-refractivity contribution is 6.02. The molecule has 0 saturated carbocycles. The summed E-state index contributed by atoms with van der Waals surface area (Å²) in [5.41, 5.74) is 3.82. The van der Waals surface area contributed by atoms with Gasteiger partial charge in [0.25, 0.3) is 0 Å². The molecule has 0 heterocycles. The maximum absolute atomic E-state index is 12.6. The van der Waals surface area contributed by atoms with Crippen LogP contribution in [0.2, 0.25) is 0 Å². The van der Waals surface area contributed by atoms with Gasteiger partial charge < -0.3 is 10.2 Å². The first-order chi connectivity index (χ1) is 12.6. The van der Waals surface area contributed by atoms with Crippen molar-refractivity contribution in [3.05, 3.63) is 59.7 Å². The molecule has 0 unspecified atom stereocenters. The molecule has 1 N–H and O–H groups in total. The lowest BCUT2D eigenvalue weighted by molar-refractivity contribution is -0.120. The Morgan fingerprint density at radius 1 is 1.00 bits per heavy atom. The standard InChI is InChI=1S/C23H30N2O2/c1-16(2)20-9-7-8-10-21(20)24-22(27)15-25(17(3)26)19-13-11-18(12-14-19)23(4,5)6/h7-14,16H,15H2,1-6H3,(H,24,27). The molecule has 0 aromatic heterocycles. The zero-order valence-corrected chi connectivity index (χ0v) is 17.2. The van der Waals surface area contributed by atoms with Crippen molar-refractivity contribution in [2.24, 2.45) is 0 Å². The Hall–Kier alpha value is -2.62. The maximum atomic E-state index is 12.6. The second kappa shape index (κ2) is 8.38. The van der Waals surface area contributed by atoms with Crippen LogP contribution in [0.4, 0.5) is 11.4 Å². The molecule has 0 atom stereocenters. The highest BCUT2D eigenvalue weighted by Crippen LogP contribution is 2.26. The van der Waals surface area contributed by atoms with Crippen LogP contribution in [-0.2, 0) is 15.0 Å². The van der Waals surface area contributed by atoms with E-state index in [0.29, 0.717) is 5.92 Å². The molecular formula is C23H30N2O2. The minimum atomic E-state index is -0.210. The summed E-state index contributed by atoms with van der Waals surface area (Å²) in [6, 6.07) is 15.6. The Balaban J connectivity index is 2.17. The van der Waals surface area contributed by atoms with Crippen LogP contribution >= 0.6 is 0 Å². The van der Waals surface area contributed by atoms with Crippen LogP contribution in [0.25, 0.3) is 0 Å². The van der Waals surface area contributed by atoms with Gasteiger partial charge in [0.15, 0.2) is 0 Å². The van der Waals surface area contributed by atoms with Crippen LogP contribution in [0.15, 0.2) is 48.5 Å². The van der Waals surface area contributed by atoms with Crippen molar-refractivity contribution in [1.82, 2.24) is 0 Å². The first-order valence-electron chi connectivity index (χ1n) is 9.37. The zero-order valence-electron chi connectivity index (χ0n) is 17.2. The van der Waals surface area contributed by atoms with Gasteiger partial charge in [0.2, 0.25) is 11.8 Å². The van der Waals surface area contributed by atoms with Gasteiger partial charge in [0.1, 0.15) is 6.54 Å². The second-order valence-electron chi connectivity index (χ2n) is 8.19. The summed E-state index contributed by atoms with van der Waals surface area (Å²) in [5.74, 6) is -0.0700. The Kier molecular flexibility index (Phi) is 6.42. The number of para-hydroxylation sites is 1. The third-order valence-corrected chi connectivity index (χ3v) is 4.58. The van der Waals surface area contributed by atoms with Gasteiger partial charge in [-0.15, -0.1) is 0 Å². The van der Waals surface area contributed by atoms with Crippen molar-refractivity contribution >= 4 is 23.2 Å². The fourth-order valence-electron chi connectivity index (χ4n) is 2.97. The number of rotatable bonds is 5. The highest BCUT2D eigenvalue weighted by Gasteiger charge is 2.19. The summed E-state index contributed by atoms with van der Waals surface area (Å²) >= 11 is 0. The van der Waals surface area contributed by atoms with E-state index < -0.39 is 0 Å². The van der Waals surface area contributed by atoms with Gasteiger partial charge in [-0.3, -0.25) is 9.59 Å². The molecule has 0 spiro atoms. The van der Waals surface area contributed by atoms with E-state index in [-0.39, 0.29) is 23.8 Å². The maximum Gasteiger partial charge on any atom is 0.244 e. The van der Waals surface area contributed by atoms with E-state index in [9.17, 15) is 9.59 Å². The van der Waals surface area contributed by atoms with Gasteiger partial charge in [0, 0.05) is 18.3 Å². The Morgan fingerprint density at radius 3 is 2.11 bits per heavy atom. The molecule has 0 bridgehead atoms. The average molecular weight is 367 g/mol. The van der Waals surface area contributed by atoms with Crippen LogP contribution in [0, 0.1) is 0 Å². The van der Waals surface area contributed by atoms with Crippen molar-refractivity contribution in [3.63, 3.8) is 0 Å². The van der Waals surface area contributed by atoms with Crippen LogP contribution in [-0.4, -0.2) is 18.4 Å². The molecule has 0 aliphatic heterocycles. The minimum absolute atomic E-state index is 0.0172. The third-order valence-electron chi connectivity index (χ3n) is 4.58. The van der Waals surface area contributed by atoms with Crippen molar-refractivity contribution in [2.75, 3.05) is 16.8 Å². The normalized spacial score (nSPS) is 11.4. The lowest BCUT2D eigenvalue weighted by atomic mass is 9.87. The van der Waals surface area contributed by atoms with Crippen LogP contribution in [0.1, 0.15) is 58.6 Å². The largest absolute Gasteiger partial charge is 0.324 e. The molecule has 0 aliphatic carbocycles. The number of hydrogen-bond acceptors (Lipinski definition) is 2. The first-order valence-corrected chi connectivity index (χ1v) is 9.37. The molecule has 4 nitrogen and oxygen atoms in total. The SMILES string of the molecule is CC(=O)N(CC(=O)Nc1ccccc1C(C)C)c1ccc(C(C)(C)C)cc1. The molecular weight excluding hydrogens is 336 g/mol. The summed E-state index contributed by atoms with van der Waals surface area (Å²) in [5, 5.41) is 2.95. The molecule has 27 heavy (non-hydrogen) atoms. The first kappa shape index (κ1) is 20.7. The fraction of sp³-hybridized carbons (Fsp3) is 0.391. The Labute approximate surface area is 162 Å². The predicted molar refractivity (Wildman–Crippen MR) is 112 cm³/mol. The second-order valence-corrected chi connectivity index (χ2v) is 8.19. The molecule has 0 radical (unpaired) electrons. The minimum Gasteiger partial charge on any atom is -0.324 e. The van der Waals surface area contributed by atoms with Gasteiger partial charge in [-0.25, -0.2) is 0 Å². The van der Waals surface area contributed by atoms with Crippen molar-refractivity contribution in [2.45, 2.75) is 52.9 Å². The quantitative estimate of drug-likeness (QED) is 0.800. The van der Waals surface area contributed by atoms with E-state index in [2.05, 4.69) is 39.9 Å².